The van der Waals surface area contributed by atoms with Gasteiger partial charge in [0.05, 0.1) is 5.69 Å². The van der Waals surface area contributed by atoms with E-state index in [-0.39, 0.29) is 11.6 Å². The molecule has 3 rings (SSSR count). The van der Waals surface area contributed by atoms with Crippen LogP contribution in [0.3, 0.4) is 0 Å². The van der Waals surface area contributed by atoms with Crippen LogP contribution >= 0.6 is 0 Å². The van der Waals surface area contributed by atoms with Gasteiger partial charge in [0.25, 0.3) is 0 Å². The van der Waals surface area contributed by atoms with Crippen molar-refractivity contribution in [2.75, 3.05) is 0 Å². The molecule has 0 aliphatic rings. The van der Waals surface area contributed by atoms with Gasteiger partial charge in [-0.15, -0.1) is 0 Å². The lowest BCUT2D eigenvalue weighted by Crippen LogP contribution is -1.95. The van der Waals surface area contributed by atoms with Crippen molar-refractivity contribution in [1.82, 2.24) is 4.98 Å². The number of aromatic amines is 1. The summed E-state index contributed by atoms with van der Waals surface area (Å²) in [5.74, 6) is 0.552. The maximum Gasteiger partial charge on any atom is 0.128 e. The molecule has 1 heterocycles. The fourth-order valence-electron chi connectivity index (χ4n) is 1.94. The fourth-order valence-corrected chi connectivity index (χ4v) is 1.94. The van der Waals surface area contributed by atoms with Crippen molar-refractivity contribution in [3.05, 3.63) is 60.0 Å². The van der Waals surface area contributed by atoms with E-state index in [1.54, 1.807) is 24.3 Å². The first-order valence-electron chi connectivity index (χ1n) is 5.90. The molecule has 19 heavy (non-hydrogen) atoms. The second kappa shape index (κ2) is 4.65. The number of hydrogen-bond donors (Lipinski definition) is 2. The lowest BCUT2D eigenvalue weighted by atomic mass is 10.2. The Balaban J connectivity index is 1.76. The van der Waals surface area contributed by atoms with E-state index in [1.165, 1.54) is 12.1 Å². The number of aromatic nitrogens is 1. The molecule has 96 valence electrons. The van der Waals surface area contributed by atoms with Crippen molar-refractivity contribution in [2.24, 2.45) is 0 Å². The molecule has 0 fully saturated rings. The monoisotopic (exact) mass is 257 g/mol. The molecule has 3 aromatic rings. The Hall–Kier alpha value is -2.49. The van der Waals surface area contributed by atoms with Gasteiger partial charge in [-0.05, 0) is 42.5 Å². The van der Waals surface area contributed by atoms with E-state index >= 15 is 0 Å². The Bertz CT molecular complexity index is 704. The summed E-state index contributed by atoms with van der Waals surface area (Å²) in [7, 11) is 0. The number of phenolic OH excluding ortho intramolecular Hbond substituents is 1. The van der Waals surface area contributed by atoms with Gasteiger partial charge in [0.15, 0.2) is 0 Å². The van der Waals surface area contributed by atoms with Crippen LogP contribution in [-0.2, 0) is 6.61 Å². The lowest BCUT2D eigenvalue weighted by Gasteiger charge is -2.03. The van der Waals surface area contributed by atoms with Gasteiger partial charge in [-0.2, -0.15) is 0 Å². The van der Waals surface area contributed by atoms with E-state index in [1.807, 2.05) is 12.1 Å². The highest BCUT2D eigenvalue weighted by Crippen LogP contribution is 2.21. The number of H-pyrrole nitrogens is 1. The van der Waals surface area contributed by atoms with Crippen LogP contribution in [0.1, 0.15) is 5.69 Å². The number of benzene rings is 2. The third-order valence-electron chi connectivity index (χ3n) is 2.87. The Labute approximate surface area is 109 Å². The standard InChI is InChI=1S/C15H12FNO2/c16-11-2-5-14(6-3-11)19-9-12-7-10-1-4-13(18)8-15(10)17-12/h1-8,17-18H,9H2. The van der Waals surface area contributed by atoms with Crippen molar-refractivity contribution in [3.8, 4) is 11.5 Å². The van der Waals surface area contributed by atoms with Crippen LogP contribution in [0.15, 0.2) is 48.5 Å². The molecule has 2 aromatic carbocycles. The molecule has 1 aromatic heterocycles. The van der Waals surface area contributed by atoms with E-state index in [0.29, 0.717) is 12.4 Å². The normalized spacial score (nSPS) is 10.8. The zero-order valence-electron chi connectivity index (χ0n) is 10.1. The predicted molar refractivity (Wildman–Crippen MR) is 70.7 cm³/mol. The third-order valence-corrected chi connectivity index (χ3v) is 2.87. The number of hydrogen-bond acceptors (Lipinski definition) is 2. The largest absolute Gasteiger partial charge is 0.508 e. The summed E-state index contributed by atoms with van der Waals surface area (Å²) < 4.78 is 18.3. The molecule has 0 spiro atoms. The highest BCUT2D eigenvalue weighted by Gasteiger charge is 2.03. The number of aromatic hydroxyl groups is 1. The summed E-state index contributed by atoms with van der Waals surface area (Å²) in [6.07, 6.45) is 0. The molecule has 0 saturated heterocycles. The van der Waals surface area contributed by atoms with Crippen LogP contribution < -0.4 is 4.74 Å². The number of nitrogens with one attached hydrogen (secondary N) is 1. The summed E-state index contributed by atoms with van der Waals surface area (Å²) >= 11 is 0. The molecular formula is C15H12FNO2. The van der Waals surface area contributed by atoms with Gasteiger partial charge < -0.3 is 14.8 Å². The molecule has 2 N–H and O–H groups in total. The molecule has 0 atom stereocenters. The Morgan fingerprint density at radius 2 is 1.84 bits per heavy atom. The summed E-state index contributed by atoms with van der Waals surface area (Å²) in [6, 6.07) is 13.0. The van der Waals surface area contributed by atoms with Crippen LogP contribution in [0, 0.1) is 5.82 Å². The zero-order valence-corrected chi connectivity index (χ0v) is 10.1. The minimum absolute atomic E-state index is 0.223. The molecule has 3 nitrogen and oxygen atoms in total. The summed E-state index contributed by atoms with van der Waals surface area (Å²) in [4.78, 5) is 3.16. The minimum atomic E-state index is -0.284. The third kappa shape index (κ3) is 2.52. The van der Waals surface area contributed by atoms with Gasteiger partial charge in [-0.25, -0.2) is 4.39 Å². The van der Waals surface area contributed by atoms with E-state index in [9.17, 15) is 9.50 Å². The molecule has 0 unspecified atom stereocenters. The van der Waals surface area contributed by atoms with Crippen molar-refractivity contribution in [2.45, 2.75) is 6.61 Å². The topological polar surface area (TPSA) is 45.2 Å². The van der Waals surface area contributed by atoms with Gasteiger partial charge in [0, 0.05) is 17.0 Å². The van der Waals surface area contributed by atoms with Gasteiger partial charge in [0.2, 0.25) is 0 Å². The number of rotatable bonds is 3. The highest BCUT2D eigenvalue weighted by atomic mass is 19.1. The molecule has 0 bridgehead atoms. The quantitative estimate of drug-likeness (QED) is 0.753. The lowest BCUT2D eigenvalue weighted by molar-refractivity contribution is 0.302. The van der Waals surface area contributed by atoms with Crippen LogP contribution in [0.4, 0.5) is 4.39 Å². The fraction of sp³-hybridized carbons (Fsp3) is 0.0667. The SMILES string of the molecule is Oc1ccc2cc(COc3ccc(F)cc3)[nH]c2c1. The van der Waals surface area contributed by atoms with E-state index in [2.05, 4.69) is 4.98 Å². The van der Waals surface area contributed by atoms with Crippen LogP contribution in [0.5, 0.6) is 11.5 Å². The van der Waals surface area contributed by atoms with Gasteiger partial charge in [-0.3, -0.25) is 0 Å². The molecule has 0 saturated carbocycles. The second-order valence-corrected chi connectivity index (χ2v) is 4.31. The summed E-state index contributed by atoms with van der Waals surface area (Å²) in [6.45, 7) is 0.362. The first kappa shape index (κ1) is 11.6. The number of fused-ring (bicyclic) bond motifs is 1. The summed E-state index contributed by atoms with van der Waals surface area (Å²) in [5.41, 5.74) is 1.75. The predicted octanol–water partition coefficient (Wildman–Crippen LogP) is 3.59. The first-order chi connectivity index (χ1) is 9.20. The first-order valence-corrected chi connectivity index (χ1v) is 5.90. The van der Waals surface area contributed by atoms with E-state index < -0.39 is 0 Å². The van der Waals surface area contributed by atoms with E-state index in [4.69, 9.17) is 4.74 Å². The summed E-state index contributed by atoms with van der Waals surface area (Å²) in [5, 5.41) is 10.4. The maximum absolute atomic E-state index is 12.7. The number of phenols is 1. The smallest absolute Gasteiger partial charge is 0.128 e. The van der Waals surface area contributed by atoms with Crippen molar-refractivity contribution in [3.63, 3.8) is 0 Å². The molecule has 0 radical (unpaired) electrons. The van der Waals surface area contributed by atoms with Crippen LogP contribution in [0.2, 0.25) is 0 Å². The molecule has 0 amide bonds. The van der Waals surface area contributed by atoms with Crippen molar-refractivity contribution >= 4 is 10.9 Å². The van der Waals surface area contributed by atoms with Crippen LogP contribution in [0.25, 0.3) is 10.9 Å². The van der Waals surface area contributed by atoms with Gasteiger partial charge >= 0.3 is 0 Å². The number of halogens is 1. The van der Waals surface area contributed by atoms with Crippen LogP contribution in [-0.4, -0.2) is 10.1 Å². The van der Waals surface area contributed by atoms with Crippen molar-refractivity contribution < 1.29 is 14.2 Å². The van der Waals surface area contributed by atoms with Gasteiger partial charge in [0.1, 0.15) is 23.9 Å². The molecular weight excluding hydrogens is 245 g/mol. The average molecular weight is 257 g/mol. The highest BCUT2D eigenvalue weighted by molar-refractivity contribution is 5.81. The second-order valence-electron chi connectivity index (χ2n) is 4.31. The average Bonchev–Trinajstić information content (AvgIpc) is 2.80. The Kier molecular flexibility index (Phi) is 2.83. The number of ether oxygens (including phenoxy) is 1. The Morgan fingerprint density at radius 1 is 1.05 bits per heavy atom. The Morgan fingerprint density at radius 3 is 2.63 bits per heavy atom. The van der Waals surface area contributed by atoms with Gasteiger partial charge in [-0.1, -0.05) is 0 Å². The molecule has 0 aliphatic carbocycles. The minimum Gasteiger partial charge on any atom is -0.508 e. The molecule has 0 aliphatic heterocycles. The van der Waals surface area contributed by atoms with E-state index in [0.717, 1.165) is 16.6 Å². The van der Waals surface area contributed by atoms with Crippen molar-refractivity contribution in [1.29, 1.82) is 0 Å². The maximum atomic E-state index is 12.7. The zero-order chi connectivity index (χ0) is 13.2. The molecule has 4 heteroatoms.